The average molecular weight is 363 g/mol. The second-order valence-corrected chi connectivity index (χ2v) is 6.86. The molecule has 2 aliphatic rings. The van der Waals surface area contributed by atoms with Crippen LogP contribution < -0.4 is 5.73 Å². The number of nitrogens with two attached hydrogens (primary N) is 1. The number of anilines is 1. The molecule has 4 rings (SSSR count). The van der Waals surface area contributed by atoms with E-state index in [1.54, 1.807) is 6.20 Å². The predicted octanol–water partition coefficient (Wildman–Crippen LogP) is 2.51. The lowest BCUT2D eigenvalue weighted by molar-refractivity contribution is -0.00535. The molecule has 2 aromatic rings. The van der Waals surface area contributed by atoms with Crippen molar-refractivity contribution in [2.24, 2.45) is 0 Å². The van der Waals surface area contributed by atoms with Gasteiger partial charge in [-0.15, -0.1) is 0 Å². The molecule has 3 N–H and O–H groups in total. The normalized spacial score (nSPS) is 22.7. The van der Waals surface area contributed by atoms with E-state index in [0.717, 1.165) is 56.3 Å². The number of aryl methyl sites for hydroxylation is 1. The van der Waals surface area contributed by atoms with Crippen LogP contribution >= 0.6 is 0 Å². The van der Waals surface area contributed by atoms with Crippen LogP contribution in [0.25, 0.3) is 11.3 Å². The Morgan fingerprint density at radius 3 is 2.81 bits per heavy atom. The highest BCUT2D eigenvalue weighted by atomic mass is 19.1. The zero-order valence-corrected chi connectivity index (χ0v) is 15.1. The molecule has 2 aromatic heterocycles. The fourth-order valence-corrected chi connectivity index (χ4v) is 3.42. The third-order valence-corrected chi connectivity index (χ3v) is 4.76. The van der Waals surface area contributed by atoms with E-state index in [1.807, 2.05) is 4.68 Å². The van der Waals surface area contributed by atoms with Crippen molar-refractivity contribution >= 4 is 5.95 Å². The first-order valence-corrected chi connectivity index (χ1v) is 9.16. The number of fused-ring (bicyclic) bond motifs is 1. The Kier molecular flexibility index (Phi) is 6.16. The van der Waals surface area contributed by atoms with Gasteiger partial charge < -0.3 is 15.6 Å². The predicted molar refractivity (Wildman–Crippen MR) is 95.9 cm³/mol. The smallest absolute Gasteiger partial charge is 0.220 e. The minimum absolute atomic E-state index is 0.0811. The lowest BCUT2D eigenvalue weighted by Crippen LogP contribution is -2.21. The van der Waals surface area contributed by atoms with E-state index < -0.39 is 5.82 Å². The molecule has 0 bridgehead atoms. The molecule has 1 fully saturated rings. The summed E-state index contributed by atoms with van der Waals surface area (Å²) < 4.78 is 20.8. The SMILES string of the molecule is CC1CCCCn2ncc(-c3nc(N)ncc3F)c21.OC1CCCOC1. The summed E-state index contributed by atoms with van der Waals surface area (Å²) in [4.78, 5) is 7.69. The Morgan fingerprint density at radius 1 is 1.27 bits per heavy atom. The molecule has 0 spiro atoms. The van der Waals surface area contributed by atoms with Crippen molar-refractivity contribution < 1.29 is 14.2 Å². The van der Waals surface area contributed by atoms with Crippen LogP contribution in [0.2, 0.25) is 0 Å². The molecule has 26 heavy (non-hydrogen) atoms. The molecular weight excluding hydrogens is 337 g/mol. The van der Waals surface area contributed by atoms with Gasteiger partial charge in [-0.2, -0.15) is 5.10 Å². The molecule has 0 saturated carbocycles. The lowest BCUT2D eigenvalue weighted by atomic mass is 9.97. The second-order valence-electron chi connectivity index (χ2n) is 6.86. The Balaban J connectivity index is 0.000000236. The van der Waals surface area contributed by atoms with Crippen molar-refractivity contribution in [3.8, 4) is 11.3 Å². The summed E-state index contributed by atoms with van der Waals surface area (Å²) in [6.45, 7) is 4.39. The molecule has 2 atom stereocenters. The number of hydrogen-bond acceptors (Lipinski definition) is 6. The summed E-state index contributed by atoms with van der Waals surface area (Å²) in [7, 11) is 0. The summed E-state index contributed by atoms with van der Waals surface area (Å²) in [5.41, 5.74) is 7.60. The minimum atomic E-state index is -0.457. The third kappa shape index (κ3) is 4.37. The van der Waals surface area contributed by atoms with Crippen LogP contribution in [-0.4, -0.2) is 44.2 Å². The quantitative estimate of drug-likeness (QED) is 0.808. The number of nitrogen functional groups attached to an aromatic ring is 1. The van der Waals surface area contributed by atoms with Gasteiger partial charge in [0.25, 0.3) is 0 Å². The van der Waals surface area contributed by atoms with E-state index in [4.69, 9.17) is 15.6 Å². The van der Waals surface area contributed by atoms with Crippen molar-refractivity contribution in [1.29, 1.82) is 0 Å². The highest BCUT2D eigenvalue weighted by molar-refractivity contribution is 5.63. The fourth-order valence-electron chi connectivity index (χ4n) is 3.42. The van der Waals surface area contributed by atoms with E-state index in [-0.39, 0.29) is 17.7 Å². The number of rotatable bonds is 1. The number of ether oxygens (including phenoxy) is 1. The number of aliphatic hydroxyl groups excluding tert-OH is 1. The lowest BCUT2D eigenvalue weighted by Gasteiger charge is -2.15. The monoisotopic (exact) mass is 363 g/mol. The van der Waals surface area contributed by atoms with Crippen LogP contribution in [0.15, 0.2) is 12.4 Å². The first kappa shape index (κ1) is 18.7. The summed E-state index contributed by atoms with van der Waals surface area (Å²) in [6.07, 6.45) is 7.90. The average Bonchev–Trinajstić information content (AvgIpc) is 2.97. The molecule has 0 radical (unpaired) electrons. The topological polar surface area (TPSA) is 99.1 Å². The van der Waals surface area contributed by atoms with Gasteiger partial charge in [0.05, 0.1) is 30.8 Å². The molecule has 7 nitrogen and oxygen atoms in total. The molecule has 0 amide bonds. The maximum Gasteiger partial charge on any atom is 0.220 e. The van der Waals surface area contributed by atoms with Crippen molar-refractivity contribution in [1.82, 2.24) is 19.7 Å². The highest BCUT2D eigenvalue weighted by Gasteiger charge is 2.23. The summed E-state index contributed by atoms with van der Waals surface area (Å²) >= 11 is 0. The Bertz CT molecular complexity index is 730. The van der Waals surface area contributed by atoms with Crippen LogP contribution in [0.5, 0.6) is 0 Å². The van der Waals surface area contributed by atoms with Crippen molar-refractivity contribution in [2.75, 3.05) is 18.9 Å². The van der Waals surface area contributed by atoms with Gasteiger partial charge in [0.2, 0.25) is 5.95 Å². The first-order valence-electron chi connectivity index (χ1n) is 9.16. The highest BCUT2D eigenvalue weighted by Crippen LogP contribution is 2.34. The van der Waals surface area contributed by atoms with Gasteiger partial charge in [-0.1, -0.05) is 13.3 Å². The maximum absolute atomic E-state index is 13.9. The number of nitrogens with zero attached hydrogens (tertiary/aromatic N) is 4. The molecular formula is C18H26FN5O2. The number of aromatic nitrogens is 4. The standard InChI is InChI=1S/C13H16FN5.C5H10O2/c1-8-4-2-3-5-19-12(8)9(6-17-19)11-10(14)7-16-13(15)18-11;6-5-2-1-3-7-4-5/h6-8H,2-5H2,1H3,(H2,15,16,18);5-6H,1-4H2. The van der Waals surface area contributed by atoms with Gasteiger partial charge >= 0.3 is 0 Å². The van der Waals surface area contributed by atoms with E-state index in [1.165, 1.54) is 6.42 Å². The molecule has 2 aliphatic heterocycles. The van der Waals surface area contributed by atoms with E-state index in [0.29, 0.717) is 12.5 Å². The van der Waals surface area contributed by atoms with E-state index >= 15 is 0 Å². The molecule has 142 valence electrons. The van der Waals surface area contributed by atoms with Crippen LogP contribution in [-0.2, 0) is 11.3 Å². The number of aliphatic hydroxyl groups is 1. The largest absolute Gasteiger partial charge is 0.391 e. The van der Waals surface area contributed by atoms with Crippen LogP contribution in [0.1, 0.15) is 50.6 Å². The van der Waals surface area contributed by atoms with Crippen molar-refractivity contribution in [2.45, 2.75) is 57.6 Å². The zero-order chi connectivity index (χ0) is 18.5. The molecule has 4 heterocycles. The van der Waals surface area contributed by atoms with Crippen LogP contribution in [0.3, 0.4) is 0 Å². The number of halogens is 1. The van der Waals surface area contributed by atoms with Gasteiger partial charge in [-0.05, 0) is 31.6 Å². The Morgan fingerprint density at radius 2 is 2.12 bits per heavy atom. The Labute approximate surface area is 152 Å². The summed E-state index contributed by atoms with van der Waals surface area (Å²) in [6, 6.07) is 0. The van der Waals surface area contributed by atoms with Gasteiger partial charge in [-0.3, -0.25) is 4.68 Å². The molecule has 1 saturated heterocycles. The van der Waals surface area contributed by atoms with Crippen molar-refractivity contribution in [3.05, 3.63) is 23.9 Å². The maximum atomic E-state index is 13.9. The van der Waals surface area contributed by atoms with E-state index in [2.05, 4.69) is 22.0 Å². The second kappa shape index (κ2) is 8.55. The van der Waals surface area contributed by atoms with Crippen LogP contribution in [0.4, 0.5) is 10.3 Å². The minimum Gasteiger partial charge on any atom is -0.391 e. The molecule has 2 unspecified atom stereocenters. The van der Waals surface area contributed by atoms with Gasteiger partial charge in [0, 0.05) is 18.7 Å². The summed E-state index contributed by atoms with van der Waals surface area (Å²) in [5.74, 6) is -0.0327. The van der Waals surface area contributed by atoms with Crippen LogP contribution in [0, 0.1) is 5.82 Å². The van der Waals surface area contributed by atoms with E-state index in [9.17, 15) is 4.39 Å². The summed E-state index contributed by atoms with van der Waals surface area (Å²) in [5, 5.41) is 13.1. The number of hydrogen-bond donors (Lipinski definition) is 2. The zero-order valence-electron chi connectivity index (χ0n) is 15.1. The fraction of sp³-hybridized carbons (Fsp3) is 0.611. The molecule has 0 aliphatic carbocycles. The van der Waals surface area contributed by atoms with Crippen molar-refractivity contribution in [3.63, 3.8) is 0 Å². The third-order valence-electron chi connectivity index (χ3n) is 4.76. The molecule has 8 heteroatoms. The van der Waals surface area contributed by atoms with Gasteiger partial charge in [0.1, 0.15) is 5.69 Å². The van der Waals surface area contributed by atoms with Gasteiger partial charge in [-0.25, -0.2) is 14.4 Å². The molecule has 0 aromatic carbocycles. The Hall–Kier alpha value is -2.06. The first-order chi connectivity index (χ1) is 12.6. The van der Waals surface area contributed by atoms with Gasteiger partial charge in [0.15, 0.2) is 5.82 Å².